The van der Waals surface area contributed by atoms with Crippen molar-refractivity contribution in [2.45, 2.75) is 64.6 Å². The fourth-order valence-corrected chi connectivity index (χ4v) is 3.21. The molecule has 0 bridgehead atoms. The molecule has 2 unspecified atom stereocenters. The molecule has 2 rings (SSSR count). The van der Waals surface area contributed by atoms with Crippen molar-refractivity contribution in [1.29, 1.82) is 0 Å². The van der Waals surface area contributed by atoms with E-state index in [0.29, 0.717) is 25.9 Å². The van der Waals surface area contributed by atoms with Gasteiger partial charge < -0.3 is 14.9 Å². The zero-order valence-corrected chi connectivity index (χ0v) is 13.1. The minimum absolute atomic E-state index is 0.00616. The number of hydrogen-bond donors (Lipinski definition) is 1. The summed E-state index contributed by atoms with van der Waals surface area (Å²) in [6.07, 6.45) is 0.420. The van der Waals surface area contributed by atoms with E-state index in [1.165, 1.54) is 0 Å². The predicted octanol–water partition coefficient (Wildman–Crippen LogP) is 1.01. The van der Waals surface area contributed by atoms with E-state index in [1.807, 2.05) is 34.6 Å². The lowest BCUT2D eigenvalue weighted by Crippen LogP contribution is -2.50. The average Bonchev–Trinajstić information content (AvgIpc) is 2.80. The molecule has 2 aliphatic rings. The molecular weight excluding hydrogens is 256 g/mol. The topological polar surface area (TPSA) is 60.9 Å². The van der Waals surface area contributed by atoms with Crippen LogP contribution in [0.5, 0.6) is 0 Å². The van der Waals surface area contributed by atoms with Crippen molar-refractivity contribution in [2.75, 3.05) is 13.1 Å². The summed E-state index contributed by atoms with van der Waals surface area (Å²) in [6.45, 7) is 10.8. The minimum Gasteiger partial charge on any atom is -0.391 e. The second kappa shape index (κ2) is 4.72. The third-order valence-corrected chi connectivity index (χ3v) is 4.69. The van der Waals surface area contributed by atoms with Crippen LogP contribution in [0.4, 0.5) is 0 Å². The van der Waals surface area contributed by atoms with Gasteiger partial charge in [-0.2, -0.15) is 0 Å². The van der Waals surface area contributed by atoms with Gasteiger partial charge in [0.15, 0.2) is 0 Å². The normalized spacial score (nSPS) is 30.2. The zero-order chi connectivity index (χ0) is 15.3. The molecule has 5 nitrogen and oxygen atoms in total. The molecular formula is C15H26N2O3. The summed E-state index contributed by atoms with van der Waals surface area (Å²) < 4.78 is 0. The highest BCUT2D eigenvalue weighted by Gasteiger charge is 2.47. The molecule has 20 heavy (non-hydrogen) atoms. The Kier molecular flexibility index (Phi) is 3.61. The lowest BCUT2D eigenvalue weighted by Gasteiger charge is -2.36. The second-order valence-corrected chi connectivity index (χ2v) is 7.52. The van der Waals surface area contributed by atoms with Gasteiger partial charge in [-0.05, 0) is 41.0 Å². The van der Waals surface area contributed by atoms with Crippen LogP contribution in [0, 0.1) is 5.92 Å². The minimum atomic E-state index is -0.532. The molecule has 2 fully saturated rings. The monoisotopic (exact) mass is 282 g/mol. The first-order chi connectivity index (χ1) is 9.05. The van der Waals surface area contributed by atoms with Crippen LogP contribution in [-0.2, 0) is 9.59 Å². The Morgan fingerprint density at radius 2 is 1.95 bits per heavy atom. The van der Waals surface area contributed by atoms with Crippen molar-refractivity contribution in [3.63, 3.8) is 0 Å². The van der Waals surface area contributed by atoms with Crippen LogP contribution in [0.3, 0.4) is 0 Å². The molecule has 0 aromatic rings. The van der Waals surface area contributed by atoms with Gasteiger partial charge in [0.25, 0.3) is 0 Å². The number of carbonyl (C=O) groups is 2. The van der Waals surface area contributed by atoms with Crippen molar-refractivity contribution in [3.05, 3.63) is 0 Å². The van der Waals surface area contributed by atoms with E-state index in [4.69, 9.17) is 0 Å². The van der Waals surface area contributed by atoms with E-state index in [-0.39, 0.29) is 23.3 Å². The second-order valence-electron chi connectivity index (χ2n) is 7.52. The van der Waals surface area contributed by atoms with Crippen LogP contribution in [0.25, 0.3) is 0 Å². The first kappa shape index (κ1) is 15.3. The number of nitrogens with zero attached hydrogens (tertiary/aromatic N) is 2. The van der Waals surface area contributed by atoms with Gasteiger partial charge >= 0.3 is 0 Å². The van der Waals surface area contributed by atoms with Crippen molar-refractivity contribution in [1.82, 2.24) is 9.80 Å². The Bertz CT molecular complexity index is 425. The van der Waals surface area contributed by atoms with Gasteiger partial charge in [0, 0.05) is 25.0 Å². The first-order valence-electron chi connectivity index (χ1n) is 7.35. The molecule has 5 heteroatoms. The van der Waals surface area contributed by atoms with Gasteiger partial charge in [0.2, 0.25) is 11.8 Å². The van der Waals surface area contributed by atoms with Crippen molar-refractivity contribution in [2.24, 2.45) is 5.92 Å². The summed E-state index contributed by atoms with van der Waals surface area (Å²) in [4.78, 5) is 28.3. The van der Waals surface area contributed by atoms with Gasteiger partial charge in [0.1, 0.15) is 0 Å². The fourth-order valence-electron chi connectivity index (χ4n) is 3.21. The summed E-state index contributed by atoms with van der Waals surface area (Å²) in [5.74, 6) is -0.216. The maximum absolute atomic E-state index is 12.7. The van der Waals surface area contributed by atoms with Crippen molar-refractivity contribution in [3.8, 4) is 0 Å². The highest BCUT2D eigenvalue weighted by molar-refractivity contribution is 5.90. The van der Waals surface area contributed by atoms with Gasteiger partial charge in [0.05, 0.1) is 17.6 Å². The third kappa shape index (κ3) is 2.43. The molecule has 0 aromatic heterocycles. The number of aliphatic hydroxyl groups is 1. The largest absolute Gasteiger partial charge is 0.391 e. The highest BCUT2D eigenvalue weighted by Crippen LogP contribution is 2.33. The quantitative estimate of drug-likeness (QED) is 0.780. The lowest BCUT2D eigenvalue weighted by molar-refractivity contribution is -0.140. The number of carbonyl (C=O) groups excluding carboxylic acids is 2. The number of aliphatic hydroxyl groups excluding tert-OH is 1. The number of rotatable bonds is 1. The van der Waals surface area contributed by atoms with Crippen molar-refractivity contribution < 1.29 is 14.7 Å². The molecule has 2 amide bonds. The standard InChI is InChI=1S/C15H26N2O3/c1-14(2,3)17-9-10(8-12(17)19)13(20)16-7-6-11(18)15(16,4)5/h10-11,18H,6-9H2,1-5H3. The molecule has 2 heterocycles. The molecule has 0 aliphatic carbocycles. The molecule has 1 N–H and O–H groups in total. The van der Waals surface area contributed by atoms with E-state index >= 15 is 0 Å². The molecule has 0 aromatic carbocycles. The molecule has 0 saturated carbocycles. The first-order valence-corrected chi connectivity index (χ1v) is 7.35. The van der Waals surface area contributed by atoms with Gasteiger partial charge in [-0.3, -0.25) is 9.59 Å². The van der Waals surface area contributed by atoms with E-state index in [2.05, 4.69) is 0 Å². The van der Waals surface area contributed by atoms with E-state index in [0.717, 1.165) is 0 Å². The van der Waals surface area contributed by atoms with Gasteiger partial charge in [-0.25, -0.2) is 0 Å². The SMILES string of the molecule is CC(C)(C)N1CC(C(=O)N2CCC(O)C2(C)C)CC1=O. The summed E-state index contributed by atoms with van der Waals surface area (Å²) in [5.41, 5.74) is -0.776. The Labute approximate surface area is 120 Å². The summed E-state index contributed by atoms with van der Waals surface area (Å²) in [7, 11) is 0. The summed E-state index contributed by atoms with van der Waals surface area (Å²) in [5, 5.41) is 9.98. The molecule has 0 spiro atoms. The van der Waals surface area contributed by atoms with Crippen LogP contribution in [0.1, 0.15) is 47.5 Å². The van der Waals surface area contributed by atoms with E-state index < -0.39 is 11.6 Å². The zero-order valence-electron chi connectivity index (χ0n) is 13.1. The molecule has 2 saturated heterocycles. The number of likely N-dealkylation sites (tertiary alicyclic amines) is 2. The fraction of sp³-hybridized carbons (Fsp3) is 0.867. The maximum Gasteiger partial charge on any atom is 0.228 e. The Hall–Kier alpha value is -1.10. The van der Waals surface area contributed by atoms with Crippen molar-refractivity contribution >= 4 is 11.8 Å². The molecule has 2 atom stereocenters. The summed E-state index contributed by atoms with van der Waals surface area (Å²) in [6, 6.07) is 0. The van der Waals surface area contributed by atoms with Crippen LogP contribution in [0.2, 0.25) is 0 Å². The molecule has 2 aliphatic heterocycles. The number of amides is 2. The molecule has 114 valence electrons. The average molecular weight is 282 g/mol. The molecule has 0 radical (unpaired) electrons. The van der Waals surface area contributed by atoms with Crippen LogP contribution in [-0.4, -0.2) is 57.0 Å². The maximum atomic E-state index is 12.7. The highest BCUT2D eigenvalue weighted by atomic mass is 16.3. The van der Waals surface area contributed by atoms with Crippen LogP contribution in [0.15, 0.2) is 0 Å². The predicted molar refractivity (Wildman–Crippen MR) is 76.0 cm³/mol. The Morgan fingerprint density at radius 1 is 1.35 bits per heavy atom. The van der Waals surface area contributed by atoms with Crippen LogP contribution >= 0.6 is 0 Å². The lowest BCUT2D eigenvalue weighted by atomic mass is 9.97. The van der Waals surface area contributed by atoms with Gasteiger partial charge in [-0.15, -0.1) is 0 Å². The van der Waals surface area contributed by atoms with E-state index in [1.54, 1.807) is 9.80 Å². The van der Waals surface area contributed by atoms with Gasteiger partial charge in [-0.1, -0.05) is 0 Å². The summed E-state index contributed by atoms with van der Waals surface area (Å²) >= 11 is 0. The van der Waals surface area contributed by atoms with Crippen LogP contribution < -0.4 is 0 Å². The Balaban J connectivity index is 2.11. The van der Waals surface area contributed by atoms with E-state index in [9.17, 15) is 14.7 Å². The third-order valence-electron chi connectivity index (χ3n) is 4.69. The Morgan fingerprint density at radius 3 is 2.35 bits per heavy atom. The smallest absolute Gasteiger partial charge is 0.228 e. The number of hydrogen-bond acceptors (Lipinski definition) is 3.